The highest BCUT2D eigenvalue weighted by atomic mass is 16.3. The smallest absolute Gasteiger partial charge is 0.0809 e. The number of hydrogen-bond acceptors (Lipinski definition) is 1. The van der Waals surface area contributed by atoms with E-state index in [0.717, 1.165) is 5.57 Å². The summed E-state index contributed by atoms with van der Waals surface area (Å²) in [4.78, 5) is 0. The standard InChI is InChI=1S/C14H24O/c1-4-13(14(15)11(2)3)10-12-8-6-5-7-9-12/h4,10-12,14-15H,1,5-9H2,2-3H3/b13-10+/t14-/m0/s1. The maximum atomic E-state index is 9.98. The van der Waals surface area contributed by atoms with Crippen molar-refractivity contribution in [2.24, 2.45) is 11.8 Å². The summed E-state index contributed by atoms with van der Waals surface area (Å²) in [6, 6.07) is 0. The molecule has 0 aromatic rings. The van der Waals surface area contributed by atoms with E-state index in [-0.39, 0.29) is 12.0 Å². The molecule has 86 valence electrons. The summed E-state index contributed by atoms with van der Waals surface area (Å²) < 4.78 is 0. The van der Waals surface area contributed by atoms with Gasteiger partial charge in [0, 0.05) is 0 Å². The van der Waals surface area contributed by atoms with Crippen molar-refractivity contribution < 1.29 is 5.11 Å². The molecule has 0 aromatic heterocycles. The van der Waals surface area contributed by atoms with Gasteiger partial charge in [0.25, 0.3) is 0 Å². The summed E-state index contributed by atoms with van der Waals surface area (Å²) in [6.45, 7) is 7.89. The van der Waals surface area contributed by atoms with Crippen molar-refractivity contribution in [2.45, 2.75) is 52.1 Å². The van der Waals surface area contributed by atoms with Crippen molar-refractivity contribution in [1.29, 1.82) is 0 Å². The van der Waals surface area contributed by atoms with Gasteiger partial charge in [0.1, 0.15) is 0 Å². The number of allylic oxidation sites excluding steroid dienone is 1. The summed E-state index contributed by atoms with van der Waals surface area (Å²) in [6.07, 6.45) is 10.3. The van der Waals surface area contributed by atoms with Gasteiger partial charge in [0.2, 0.25) is 0 Å². The highest BCUT2D eigenvalue weighted by Crippen LogP contribution is 2.27. The Morgan fingerprint density at radius 3 is 2.33 bits per heavy atom. The van der Waals surface area contributed by atoms with Crippen LogP contribution >= 0.6 is 0 Å². The predicted octanol–water partition coefficient (Wildman–Crippen LogP) is 3.70. The highest BCUT2D eigenvalue weighted by molar-refractivity contribution is 5.22. The first-order valence-corrected chi connectivity index (χ1v) is 6.17. The fourth-order valence-electron chi connectivity index (χ4n) is 2.25. The molecule has 1 nitrogen and oxygen atoms in total. The first kappa shape index (κ1) is 12.5. The molecule has 0 aliphatic heterocycles. The van der Waals surface area contributed by atoms with Gasteiger partial charge in [-0.25, -0.2) is 0 Å². The Morgan fingerprint density at radius 1 is 1.27 bits per heavy atom. The molecule has 0 spiro atoms. The molecule has 0 unspecified atom stereocenters. The molecular weight excluding hydrogens is 184 g/mol. The molecule has 1 saturated carbocycles. The maximum absolute atomic E-state index is 9.98. The molecule has 1 rings (SSSR count). The van der Waals surface area contributed by atoms with Crippen molar-refractivity contribution >= 4 is 0 Å². The summed E-state index contributed by atoms with van der Waals surface area (Å²) in [5.74, 6) is 0.943. The van der Waals surface area contributed by atoms with Gasteiger partial charge in [-0.05, 0) is 30.3 Å². The van der Waals surface area contributed by atoms with Crippen LogP contribution in [0, 0.1) is 11.8 Å². The van der Waals surface area contributed by atoms with Gasteiger partial charge in [-0.3, -0.25) is 0 Å². The molecule has 0 radical (unpaired) electrons. The Balaban J connectivity index is 2.62. The van der Waals surface area contributed by atoms with Crippen molar-refractivity contribution in [3.8, 4) is 0 Å². The topological polar surface area (TPSA) is 20.2 Å². The summed E-state index contributed by atoms with van der Waals surface area (Å²) in [5, 5.41) is 9.98. The van der Waals surface area contributed by atoms with Gasteiger partial charge in [0.05, 0.1) is 6.10 Å². The maximum Gasteiger partial charge on any atom is 0.0809 e. The van der Waals surface area contributed by atoms with Gasteiger partial charge < -0.3 is 5.11 Å². The van der Waals surface area contributed by atoms with Crippen LogP contribution in [0.5, 0.6) is 0 Å². The number of aliphatic hydroxyl groups excluding tert-OH is 1. The minimum Gasteiger partial charge on any atom is -0.388 e. The van der Waals surface area contributed by atoms with Crippen LogP contribution in [-0.4, -0.2) is 11.2 Å². The summed E-state index contributed by atoms with van der Waals surface area (Å²) in [7, 11) is 0. The van der Waals surface area contributed by atoms with Crippen LogP contribution in [0.3, 0.4) is 0 Å². The monoisotopic (exact) mass is 208 g/mol. The largest absolute Gasteiger partial charge is 0.388 e. The van der Waals surface area contributed by atoms with Crippen molar-refractivity contribution in [3.05, 3.63) is 24.3 Å². The lowest BCUT2D eigenvalue weighted by molar-refractivity contribution is 0.162. The second-order valence-electron chi connectivity index (χ2n) is 4.96. The molecule has 1 heteroatoms. The van der Waals surface area contributed by atoms with E-state index >= 15 is 0 Å². The number of aliphatic hydroxyl groups is 1. The second-order valence-corrected chi connectivity index (χ2v) is 4.96. The van der Waals surface area contributed by atoms with Gasteiger partial charge in [0.15, 0.2) is 0 Å². The van der Waals surface area contributed by atoms with E-state index in [0.29, 0.717) is 5.92 Å². The first-order valence-electron chi connectivity index (χ1n) is 6.17. The Hall–Kier alpha value is -0.560. The quantitative estimate of drug-likeness (QED) is 0.698. The van der Waals surface area contributed by atoms with E-state index in [1.54, 1.807) is 0 Å². The van der Waals surface area contributed by atoms with E-state index in [1.807, 2.05) is 19.9 Å². The first-order chi connectivity index (χ1) is 7.15. The average molecular weight is 208 g/mol. The molecule has 1 fully saturated rings. The normalized spacial score (nSPS) is 21.7. The fraction of sp³-hybridized carbons (Fsp3) is 0.714. The van der Waals surface area contributed by atoms with Crippen LogP contribution in [0.25, 0.3) is 0 Å². The molecule has 0 heterocycles. The fourth-order valence-corrected chi connectivity index (χ4v) is 2.25. The number of hydrogen-bond donors (Lipinski definition) is 1. The third-order valence-corrected chi connectivity index (χ3v) is 3.29. The zero-order valence-electron chi connectivity index (χ0n) is 10.1. The minimum absolute atomic E-state index is 0.276. The second kappa shape index (κ2) is 6.12. The van der Waals surface area contributed by atoms with Crippen molar-refractivity contribution in [2.75, 3.05) is 0 Å². The van der Waals surface area contributed by atoms with E-state index in [4.69, 9.17) is 0 Å². The van der Waals surface area contributed by atoms with E-state index in [1.165, 1.54) is 32.1 Å². The summed E-state index contributed by atoms with van der Waals surface area (Å²) >= 11 is 0. The lowest BCUT2D eigenvalue weighted by atomic mass is 9.86. The molecule has 1 atom stereocenters. The molecule has 0 aromatic carbocycles. The van der Waals surface area contributed by atoms with Gasteiger partial charge in [-0.2, -0.15) is 0 Å². The number of rotatable bonds is 4. The molecule has 0 saturated heterocycles. The van der Waals surface area contributed by atoms with E-state index in [9.17, 15) is 5.11 Å². The van der Waals surface area contributed by atoms with Crippen LogP contribution in [0.2, 0.25) is 0 Å². The molecule has 1 aliphatic carbocycles. The lowest BCUT2D eigenvalue weighted by Gasteiger charge is -2.22. The van der Waals surface area contributed by atoms with Crippen LogP contribution in [0.4, 0.5) is 0 Å². The van der Waals surface area contributed by atoms with Crippen LogP contribution in [0.1, 0.15) is 46.0 Å². The molecule has 1 aliphatic rings. The average Bonchev–Trinajstić information content (AvgIpc) is 2.26. The van der Waals surface area contributed by atoms with Crippen LogP contribution < -0.4 is 0 Å². The molecular formula is C14H24O. The lowest BCUT2D eigenvalue weighted by Crippen LogP contribution is -2.18. The zero-order chi connectivity index (χ0) is 11.3. The van der Waals surface area contributed by atoms with Crippen molar-refractivity contribution in [3.63, 3.8) is 0 Å². The SMILES string of the molecule is C=C/C(=C\C1CCCCC1)[C@@H](O)C(C)C. The Morgan fingerprint density at radius 2 is 1.87 bits per heavy atom. The van der Waals surface area contributed by atoms with Gasteiger partial charge in [-0.1, -0.05) is 51.8 Å². The van der Waals surface area contributed by atoms with Crippen LogP contribution in [0.15, 0.2) is 24.3 Å². The van der Waals surface area contributed by atoms with E-state index in [2.05, 4.69) is 12.7 Å². The zero-order valence-corrected chi connectivity index (χ0v) is 10.1. The summed E-state index contributed by atoms with van der Waals surface area (Å²) in [5.41, 5.74) is 1.02. The molecule has 15 heavy (non-hydrogen) atoms. The third kappa shape index (κ3) is 3.83. The van der Waals surface area contributed by atoms with Crippen LogP contribution in [-0.2, 0) is 0 Å². The van der Waals surface area contributed by atoms with E-state index < -0.39 is 0 Å². The third-order valence-electron chi connectivity index (χ3n) is 3.29. The van der Waals surface area contributed by atoms with Crippen molar-refractivity contribution in [1.82, 2.24) is 0 Å². The predicted molar refractivity (Wildman–Crippen MR) is 65.7 cm³/mol. The Bertz CT molecular complexity index is 221. The highest BCUT2D eigenvalue weighted by Gasteiger charge is 2.16. The van der Waals surface area contributed by atoms with Gasteiger partial charge in [-0.15, -0.1) is 0 Å². The van der Waals surface area contributed by atoms with Gasteiger partial charge >= 0.3 is 0 Å². The minimum atomic E-state index is -0.343. The molecule has 1 N–H and O–H groups in total. The Labute approximate surface area is 93.9 Å². The Kier molecular flexibility index (Phi) is 5.10. The molecule has 0 bridgehead atoms. The molecule has 0 amide bonds.